The van der Waals surface area contributed by atoms with Crippen molar-refractivity contribution in [2.45, 2.75) is 75.5 Å². The third-order valence-corrected chi connectivity index (χ3v) is 10.1. The second-order valence-corrected chi connectivity index (χ2v) is 12.1. The molecule has 2 fully saturated rings. The van der Waals surface area contributed by atoms with Gasteiger partial charge in [0.15, 0.2) is 5.65 Å². The highest BCUT2D eigenvalue weighted by Gasteiger charge is 2.27. The molecule has 3 aromatic heterocycles. The lowest BCUT2D eigenvalue weighted by atomic mass is 9.96. The number of aromatic nitrogens is 5. The lowest BCUT2D eigenvalue weighted by molar-refractivity contribution is 0.0904. The molecule has 4 heterocycles. The molecule has 0 spiro atoms. The molecule has 0 bridgehead atoms. The van der Waals surface area contributed by atoms with Gasteiger partial charge in [-0.3, -0.25) is 14.0 Å². The van der Waals surface area contributed by atoms with Gasteiger partial charge in [-0.2, -0.15) is 10.4 Å². The maximum Gasteiger partial charge on any atom is 0.232 e. The van der Waals surface area contributed by atoms with E-state index in [2.05, 4.69) is 21.1 Å². The minimum Gasteiger partial charge on any atom is -0.274 e. The molecule has 2 atom stereocenters. The number of nitriles is 1. The molecule has 34 heavy (non-hydrogen) atoms. The van der Waals surface area contributed by atoms with Crippen LogP contribution in [0.4, 0.5) is 0 Å². The zero-order chi connectivity index (χ0) is 23.3. The van der Waals surface area contributed by atoms with Crippen LogP contribution < -0.4 is 0 Å². The third-order valence-electron chi connectivity index (χ3n) is 7.10. The van der Waals surface area contributed by atoms with E-state index in [0.29, 0.717) is 24.4 Å². The lowest BCUT2D eigenvalue weighted by Gasteiger charge is -2.21. The van der Waals surface area contributed by atoms with Crippen LogP contribution in [0.3, 0.4) is 0 Å². The van der Waals surface area contributed by atoms with E-state index in [0.717, 1.165) is 47.6 Å². The molecule has 1 aliphatic heterocycles. The highest BCUT2D eigenvalue weighted by molar-refractivity contribution is 8.77. The van der Waals surface area contributed by atoms with Crippen LogP contribution in [0.1, 0.15) is 75.0 Å². The molecule has 1 saturated heterocycles. The molecule has 1 saturated carbocycles. The summed E-state index contributed by atoms with van der Waals surface area (Å²) in [6.45, 7) is 0. The largest absolute Gasteiger partial charge is 0.274 e. The van der Waals surface area contributed by atoms with Gasteiger partial charge in [0, 0.05) is 40.8 Å². The Balaban J connectivity index is 1.30. The van der Waals surface area contributed by atoms with Gasteiger partial charge in [0.1, 0.15) is 6.33 Å². The highest BCUT2D eigenvalue weighted by Crippen LogP contribution is 2.40. The molecule has 178 valence electrons. The van der Waals surface area contributed by atoms with Crippen LogP contribution in [-0.4, -0.2) is 41.2 Å². The van der Waals surface area contributed by atoms with E-state index in [-0.39, 0.29) is 11.9 Å². The fourth-order valence-corrected chi connectivity index (χ4v) is 8.30. The first-order chi connectivity index (χ1) is 16.7. The monoisotopic (exact) mass is 494 g/mol. The predicted molar refractivity (Wildman–Crippen MR) is 138 cm³/mol. The quantitative estimate of drug-likeness (QED) is 0.255. The fourth-order valence-electron chi connectivity index (χ4n) is 5.27. The molecule has 1 aliphatic carbocycles. The fraction of sp³-hybridized carbons (Fsp3) is 0.560. The van der Waals surface area contributed by atoms with Crippen molar-refractivity contribution in [2.75, 3.05) is 5.75 Å². The van der Waals surface area contributed by atoms with Crippen molar-refractivity contribution >= 4 is 38.5 Å². The standard InChI is InChI=1S/C25H30N6OS2/c26-12-9-22(18-5-1-2-6-18)31-16-19(15-29-31)24-21-10-13-30(25(21)28-17-27-24)23(32)8-4-3-7-20-11-14-33-34-20/h10,13,15-18,20,22H,1-9,11,14H2. The second kappa shape index (κ2) is 11.0. The molecule has 7 nitrogen and oxygen atoms in total. The number of hydrogen-bond acceptors (Lipinski definition) is 7. The van der Waals surface area contributed by atoms with Crippen molar-refractivity contribution in [1.29, 1.82) is 5.26 Å². The maximum atomic E-state index is 12.9. The molecule has 0 aromatic carbocycles. The smallest absolute Gasteiger partial charge is 0.232 e. The highest BCUT2D eigenvalue weighted by atomic mass is 33.1. The van der Waals surface area contributed by atoms with Gasteiger partial charge >= 0.3 is 0 Å². The molecule has 2 unspecified atom stereocenters. The van der Waals surface area contributed by atoms with Gasteiger partial charge in [0.25, 0.3) is 0 Å². The third kappa shape index (κ3) is 5.03. The molecule has 9 heteroatoms. The van der Waals surface area contributed by atoms with E-state index in [1.54, 1.807) is 4.57 Å². The summed E-state index contributed by atoms with van der Waals surface area (Å²) in [4.78, 5) is 21.9. The summed E-state index contributed by atoms with van der Waals surface area (Å²) in [6.07, 6.45) is 17.4. The van der Waals surface area contributed by atoms with Crippen LogP contribution in [0.2, 0.25) is 0 Å². The van der Waals surface area contributed by atoms with Crippen LogP contribution in [-0.2, 0) is 0 Å². The minimum absolute atomic E-state index is 0.0825. The molecule has 2 aliphatic rings. The topological polar surface area (TPSA) is 89.4 Å². The molecule has 0 N–H and O–H groups in total. The summed E-state index contributed by atoms with van der Waals surface area (Å²) in [6, 6.07) is 4.37. The first-order valence-corrected chi connectivity index (χ1v) is 14.7. The molecular weight excluding hydrogens is 464 g/mol. The van der Waals surface area contributed by atoms with Crippen LogP contribution in [0, 0.1) is 17.2 Å². The Labute approximate surface area is 208 Å². The van der Waals surface area contributed by atoms with E-state index in [1.807, 2.05) is 50.9 Å². The predicted octanol–water partition coefficient (Wildman–Crippen LogP) is 6.29. The van der Waals surface area contributed by atoms with Gasteiger partial charge in [0.2, 0.25) is 5.91 Å². The average molecular weight is 495 g/mol. The lowest BCUT2D eigenvalue weighted by Crippen LogP contribution is -2.17. The van der Waals surface area contributed by atoms with Crippen LogP contribution in [0.15, 0.2) is 31.0 Å². The summed E-state index contributed by atoms with van der Waals surface area (Å²) < 4.78 is 3.62. The van der Waals surface area contributed by atoms with Crippen molar-refractivity contribution in [3.63, 3.8) is 0 Å². The normalized spacial score (nSPS) is 19.6. The van der Waals surface area contributed by atoms with Crippen molar-refractivity contribution in [2.24, 2.45) is 5.92 Å². The number of carbonyl (C=O) groups excluding carboxylic acids is 1. The number of hydrogen-bond donors (Lipinski definition) is 0. The first-order valence-electron chi connectivity index (χ1n) is 12.3. The van der Waals surface area contributed by atoms with Gasteiger partial charge in [-0.1, -0.05) is 40.9 Å². The first kappa shape index (κ1) is 23.4. The van der Waals surface area contributed by atoms with Crippen molar-refractivity contribution < 1.29 is 4.79 Å². The van der Waals surface area contributed by atoms with Crippen molar-refractivity contribution in [3.05, 3.63) is 31.0 Å². The Kier molecular flexibility index (Phi) is 7.55. The Morgan fingerprint density at radius 2 is 2.12 bits per heavy atom. The van der Waals surface area contributed by atoms with E-state index in [9.17, 15) is 10.1 Å². The van der Waals surface area contributed by atoms with Crippen molar-refractivity contribution in [1.82, 2.24) is 24.3 Å². The van der Waals surface area contributed by atoms with E-state index >= 15 is 0 Å². The minimum atomic E-state index is 0.0825. The molecule has 3 aromatic rings. The van der Waals surface area contributed by atoms with Gasteiger partial charge in [-0.15, -0.1) is 0 Å². The number of unbranched alkanes of at least 4 members (excludes halogenated alkanes) is 1. The Hall–Kier alpha value is -2.31. The van der Waals surface area contributed by atoms with Gasteiger partial charge in [-0.25, -0.2) is 9.97 Å². The van der Waals surface area contributed by atoms with Gasteiger partial charge in [-0.05, 0) is 44.1 Å². The van der Waals surface area contributed by atoms with E-state index in [1.165, 1.54) is 37.8 Å². The van der Waals surface area contributed by atoms with Gasteiger partial charge in [0.05, 0.1) is 30.4 Å². The molecule has 5 rings (SSSR count). The van der Waals surface area contributed by atoms with Crippen LogP contribution in [0.5, 0.6) is 0 Å². The number of fused-ring (bicyclic) bond motifs is 1. The van der Waals surface area contributed by atoms with Gasteiger partial charge < -0.3 is 0 Å². The SMILES string of the molecule is N#CCC(C1CCCC1)n1cc(-c2ncnc3c2ccn3C(=O)CCCCC2CCSS2)cn1. The Bertz CT molecular complexity index is 1170. The maximum absolute atomic E-state index is 12.9. The molecule has 0 amide bonds. The van der Waals surface area contributed by atoms with E-state index < -0.39 is 0 Å². The number of nitrogens with zero attached hydrogens (tertiary/aromatic N) is 6. The van der Waals surface area contributed by atoms with E-state index in [4.69, 9.17) is 0 Å². The summed E-state index contributed by atoms with van der Waals surface area (Å²) in [5.41, 5.74) is 2.32. The zero-order valence-corrected chi connectivity index (χ0v) is 20.9. The van der Waals surface area contributed by atoms with Crippen LogP contribution >= 0.6 is 21.6 Å². The average Bonchev–Trinajstić information content (AvgIpc) is 3.67. The summed E-state index contributed by atoms with van der Waals surface area (Å²) in [7, 11) is 3.97. The number of carbonyl (C=O) groups is 1. The van der Waals surface area contributed by atoms with Crippen molar-refractivity contribution in [3.8, 4) is 17.3 Å². The Morgan fingerprint density at radius 3 is 2.91 bits per heavy atom. The second-order valence-electron chi connectivity index (χ2n) is 9.30. The Morgan fingerprint density at radius 1 is 1.24 bits per heavy atom. The summed E-state index contributed by atoms with van der Waals surface area (Å²) in [5.74, 6) is 1.84. The number of rotatable bonds is 9. The zero-order valence-electron chi connectivity index (χ0n) is 19.3. The summed E-state index contributed by atoms with van der Waals surface area (Å²) >= 11 is 0. The molecular formula is C25H30N6OS2. The van der Waals surface area contributed by atoms with Crippen LogP contribution in [0.25, 0.3) is 22.3 Å². The molecule has 0 radical (unpaired) electrons. The summed E-state index contributed by atoms with van der Waals surface area (Å²) in [5, 5.41) is 15.6.